The molecule has 1 heterocycles. The maximum atomic E-state index is 14.3. The molecule has 3 aromatic carbocycles. The van der Waals surface area contributed by atoms with Gasteiger partial charge in [0, 0.05) is 18.5 Å². The summed E-state index contributed by atoms with van der Waals surface area (Å²) in [7, 11) is 5.54. The van der Waals surface area contributed by atoms with E-state index >= 15 is 0 Å². The molecule has 1 aromatic heterocycles. The van der Waals surface area contributed by atoms with E-state index in [2.05, 4.69) is 10.3 Å². The highest BCUT2D eigenvalue weighted by molar-refractivity contribution is 6.00. The van der Waals surface area contributed by atoms with Crippen molar-refractivity contribution in [2.45, 2.75) is 25.9 Å². The van der Waals surface area contributed by atoms with Gasteiger partial charge in [0.05, 0.1) is 24.6 Å². The van der Waals surface area contributed by atoms with Gasteiger partial charge in [-0.05, 0) is 60.6 Å². The molecule has 4 rings (SSSR count). The van der Waals surface area contributed by atoms with Crippen LogP contribution in [0.5, 0.6) is 5.75 Å². The Bertz CT molecular complexity index is 1480. The van der Waals surface area contributed by atoms with E-state index in [0.29, 0.717) is 17.9 Å². The van der Waals surface area contributed by atoms with Crippen LogP contribution in [0.4, 0.5) is 4.39 Å². The van der Waals surface area contributed by atoms with Gasteiger partial charge in [-0.3, -0.25) is 9.78 Å². The summed E-state index contributed by atoms with van der Waals surface area (Å²) in [6, 6.07) is 16.5. The van der Waals surface area contributed by atoms with Gasteiger partial charge in [0.15, 0.2) is 0 Å². The number of carbonyl (C=O) groups is 2. The number of fused-ring (bicyclic) bond motifs is 1. The zero-order valence-corrected chi connectivity index (χ0v) is 21.8. The lowest BCUT2D eigenvalue weighted by Crippen LogP contribution is -2.42. The summed E-state index contributed by atoms with van der Waals surface area (Å²) in [5.74, 6) is -2.03. The molecule has 38 heavy (non-hydrogen) atoms. The van der Waals surface area contributed by atoms with Crippen LogP contribution < -0.4 is 10.1 Å². The molecule has 8 heteroatoms. The largest absolute Gasteiger partial charge is 0.494 e. The SMILES string of the molecule is COc1cnc(CN(C)C)cc1-c1cccc2c(C[C@H](NC(=O)c3c(C)cccc3F)C(=O)O)cccc12. The van der Waals surface area contributed by atoms with Crippen LogP contribution in [0.1, 0.15) is 27.2 Å². The summed E-state index contributed by atoms with van der Waals surface area (Å²) >= 11 is 0. The Morgan fingerprint density at radius 2 is 1.76 bits per heavy atom. The third-order valence-corrected chi connectivity index (χ3v) is 6.40. The zero-order chi connectivity index (χ0) is 27.4. The summed E-state index contributed by atoms with van der Waals surface area (Å²) in [5, 5.41) is 14.2. The first-order valence-electron chi connectivity index (χ1n) is 12.2. The van der Waals surface area contributed by atoms with Gasteiger partial charge < -0.3 is 20.1 Å². The number of hydrogen-bond acceptors (Lipinski definition) is 5. The predicted octanol–water partition coefficient (Wildman–Crippen LogP) is 4.85. The Morgan fingerprint density at radius 1 is 1.05 bits per heavy atom. The van der Waals surface area contributed by atoms with Crippen LogP contribution in [0.15, 0.2) is 66.9 Å². The van der Waals surface area contributed by atoms with Crippen LogP contribution in [-0.2, 0) is 17.8 Å². The van der Waals surface area contributed by atoms with Crippen molar-refractivity contribution in [1.82, 2.24) is 15.2 Å². The van der Waals surface area contributed by atoms with Gasteiger partial charge >= 0.3 is 5.97 Å². The van der Waals surface area contributed by atoms with Crippen LogP contribution in [0.25, 0.3) is 21.9 Å². The number of aryl methyl sites for hydroxylation is 1. The van der Waals surface area contributed by atoms with Crippen LogP contribution in [0, 0.1) is 12.7 Å². The van der Waals surface area contributed by atoms with Crippen molar-refractivity contribution in [3.8, 4) is 16.9 Å². The Hall–Kier alpha value is -4.30. The second-order valence-corrected chi connectivity index (χ2v) is 9.43. The summed E-state index contributed by atoms with van der Waals surface area (Å²) in [5.41, 5.74) is 3.69. The van der Waals surface area contributed by atoms with Crippen LogP contribution in [0.3, 0.4) is 0 Å². The summed E-state index contributed by atoms with van der Waals surface area (Å²) in [6.07, 6.45) is 1.73. The fourth-order valence-electron chi connectivity index (χ4n) is 4.63. The molecular formula is C30H30FN3O4. The lowest BCUT2D eigenvalue weighted by Gasteiger charge is -2.18. The number of ether oxygens (including phenoxy) is 1. The molecule has 2 N–H and O–H groups in total. The van der Waals surface area contributed by atoms with E-state index in [1.165, 1.54) is 12.1 Å². The summed E-state index contributed by atoms with van der Waals surface area (Å²) < 4.78 is 19.9. The number of carboxylic acids is 1. The summed E-state index contributed by atoms with van der Waals surface area (Å²) in [4.78, 5) is 31.5. The topological polar surface area (TPSA) is 91.8 Å². The normalized spacial score (nSPS) is 11.9. The molecule has 196 valence electrons. The minimum absolute atomic E-state index is 0.0225. The molecule has 0 aliphatic heterocycles. The number of aliphatic carboxylic acids is 1. The van der Waals surface area contributed by atoms with Gasteiger partial charge in [-0.2, -0.15) is 0 Å². The first-order chi connectivity index (χ1) is 18.2. The number of aromatic nitrogens is 1. The number of halogens is 1. The Labute approximate surface area is 220 Å². The van der Waals surface area contributed by atoms with Crippen LogP contribution in [0.2, 0.25) is 0 Å². The highest BCUT2D eigenvalue weighted by Gasteiger charge is 2.25. The molecule has 0 fully saturated rings. The van der Waals surface area contributed by atoms with Gasteiger partial charge in [0.25, 0.3) is 5.91 Å². The second-order valence-electron chi connectivity index (χ2n) is 9.43. The van der Waals surface area contributed by atoms with Gasteiger partial charge in [-0.1, -0.05) is 48.5 Å². The van der Waals surface area contributed by atoms with Crippen molar-refractivity contribution < 1.29 is 23.8 Å². The molecular weight excluding hydrogens is 485 g/mol. The van der Waals surface area contributed by atoms with Crippen molar-refractivity contribution in [2.75, 3.05) is 21.2 Å². The highest BCUT2D eigenvalue weighted by Crippen LogP contribution is 2.36. The number of amides is 1. The molecule has 0 saturated carbocycles. The Kier molecular flexibility index (Phi) is 8.02. The van der Waals surface area contributed by atoms with Gasteiger partial charge in [0.1, 0.15) is 17.6 Å². The number of hydrogen-bond donors (Lipinski definition) is 2. The second kappa shape index (κ2) is 11.4. The van der Waals surface area contributed by atoms with Crippen molar-refractivity contribution in [3.05, 3.63) is 95.1 Å². The third-order valence-electron chi connectivity index (χ3n) is 6.40. The number of pyridine rings is 1. The Morgan fingerprint density at radius 3 is 2.45 bits per heavy atom. The number of carbonyl (C=O) groups excluding carboxylic acids is 1. The molecule has 4 aromatic rings. The molecule has 7 nitrogen and oxygen atoms in total. The monoisotopic (exact) mass is 515 g/mol. The lowest BCUT2D eigenvalue weighted by atomic mass is 9.93. The fourth-order valence-corrected chi connectivity index (χ4v) is 4.63. The van der Waals surface area contributed by atoms with E-state index < -0.39 is 23.7 Å². The van der Waals surface area contributed by atoms with Gasteiger partial charge in [-0.25, -0.2) is 9.18 Å². The quantitative estimate of drug-likeness (QED) is 0.331. The first-order valence-corrected chi connectivity index (χ1v) is 12.2. The number of rotatable bonds is 9. The van der Waals surface area contributed by atoms with E-state index in [0.717, 1.165) is 33.2 Å². The summed E-state index contributed by atoms with van der Waals surface area (Å²) in [6.45, 7) is 2.27. The van der Waals surface area contributed by atoms with Gasteiger partial charge in [0.2, 0.25) is 0 Å². The van der Waals surface area contributed by atoms with E-state index in [4.69, 9.17) is 4.74 Å². The molecule has 1 amide bonds. The maximum absolute atomic E-state index is 14.3. The minimum Gasteiger partial charge on any atom is -0.494 e. The van der Waals surface area contributed by atoms with E-state index in [1.54, 1.807) is 26.3 Å². The number of benzene rings is 3. The number of carboxylic acid groups (broad SMARTS) is 1. The molecule has 0 aliphatic carbocycles. The molecule has 1 atom stereocenters. The smallest absolute Gasteiger partial charge is 0.326 e. The molecule has 0 unspecified atom stereocenters. The Balaban J connectivity index is 1.72. The third kappa shape index (κ3) is 5.65. The van der Waals surface area contributed by atoms with Crippen molar-refractivity contribution >= 4 is 22.6 Å². The molecule has 0 saturated heterocycles. The number of nitrogens with zero attached hydrogens (tertiary/aromatic N) is 2. The van der Waals surface area contributed by atoms with E-state index in [9.17, 15) is 19.1 Å². The first kappa shape index (κ1) is 26.8. The zero-order valence-electron chi connectivity index (χ0n) is 21.8. The minimum atomic E-state index is -1.25. The molecule has 0 radical (unpaired) electrons. The van der Waals surface area contributed by atoms with Crippen LogP contribution in [-0.4, -0.2) is 54.1 Å². The number of nitrogens with one attached hydrogen (secondary N) is 1. The van der Waals surface area contributed by atoms with Crippen molar-refractivity contribution in [3.63, 3.8) is 0 Å². The standard InChI is InChI=1S/C30H30FN3O4/c1-18-8-5-13-25(31)28(18)29(35)33-26(30(36)37)14-19-9-6-11-22-21(19)10-7-12-23(22)24-15-20(17-34(2)3)32-16-27(24)38-4/h5-13,15-16,26H,14,17H2,1-4H3,(H,33,35)(H,36,37)/t26-/m0/s1. The average Bonchev–Trinajstić information content (AvgIpc) is 2.87. The predicted molar refractivity (Wildman–Crippen MR) is 145 cm³/mol. The molecule has 0 spiro atoms. The van der Waals surface area contributed by atoms with E-state index in [-0.39, 0.29) is 12.0 Å². The van der Waals surface area contributed by atoms with Crippen molar-refractivity contribution in [2.24, 2.45) is 0 Å². The average molecular weight is 516 g/mol. The molecule has 0 aliphatic rings. The maximum Gasteiger partial charge on any atom is 0.326 e. The highest BCUT2D eigenvalue weighted by atomic mass is 19.1. The molecule has 0 bridgehead atoms. The van der Waals surface area contributed by atoms with E-state index in [1.807, 2.05) is 61.5 Å². The fraction of sp³-hybridized carbons (Fsp3) is 0.233. The van der Waals surface area contributed by atoms with Crippen molar-refractivity contribution in [1.29, 1.82) is 0 Å². The lowest BCUT2D eigenvalue weighted by molar-refractivity contribution is -0.139. The van der Waals surface area contributed by atoms with Crippen LogP contribution >= 0.6 is 0 Å². The van der Waals surface area contributed by atoms with Gasteiger partial charge in [-0.15, -0.1) is 0 Å². The number of methoxy groups -OCH3 is 1.